The van der Waals surface area contributed by atoms with Crippen LogP contribution < -0.4 is 25.3 Å². The van der Waals surface area contributed by atoms with E-state index in [1.54, 1.807) is 30.4 Å². The van der Waals surface area contributed by atoms with E-state index in [1.807, 2.05) is 12.1 Å². The van der Waals surface area contributed by atoms with Crippen LogP contribution in [0, 0.1) is 5.82 Å². The summed E-state index contributed by atoms with van der Waals surface area (Å²) < 4.78 is 20.6. The highest BCUT2D eigenvalue weighted by Crippen LogP contribution is 2.41. The summed E-state index contributed by atoms with van der Waals surface area (Å²) >= 11 is 6.04. The molecule has 10 nitrogen and oxygen atoms in total. The number of benzene rings is 2. The van der Waals surface area contributed by atoms with Crippen LogP contribution in [0.3, 0.4) is 0 Å². The first-order valence-electron chi connectivity index (χ1n) is 13.8. The van der Waals surface area contributed by atoms with E-state index in [2.05, 4.69) is 51.1 Å². The van der Waals surface area contributed by atoms with Gasteiger partial charge in [-0.1, -0.05) is 30.3 Å². The molecule has 2 aliphatic heterocycles. The highest BCUT2D eigenvalue weighted by Gasteiger charge is 2.32. The molecule has 5 rings (SSSR count). The van der Waals surface area contributed by atoms with Gasteiger partial charge >= 0.3 is 0 Å². The summed E-state index contributed by atoms with van der Waals surface area (Å²) in [6.07, 6.45) is 5.22. The minimum absolute atomic E-state index is 0.0568. The lowest BCUT2D eigenvalue weighted by Crippen LogP contribution is -2.42. The molecule has 12 heteroatoms. The molecule has 2 N–H and O–H groups in total. The first kappa shape index (κ1) is 29.6. The Kier molecular flexibility index (Phi) is 9.10. The van der Waals surface area contributed by atoms with Gasteiger partial charge in [0.2, 0.25) is 5.91 Å². The quantitative estimate of drug-likeness (QED) is 0.308. The third-order valence-electron chi connectivity index (χ3n) is 7.68. The van der Waals surface area contributed by atoms with Crippen molar-refractivity contribution in [3.05, 3.63) is 71.8 Å². The Morgan fingerprint density at radius 1 is 1.19 bits per heavy atom. The number of hydrogen-bond acceptors (Lipinski definition) is 9. The summed E-state index contributed by atoms with van der Waals surface area (Å²) in [5, 5.41) is 7.87. The Bertz CT molecular complexity index is 1450. The molecule has 222 valence electrons. The van der Waals surface area contributed by atoms with Crippen molar-refractivity contribution >= 4 is 46.2 Å². The van der Waals surface area contributed by atoms with Crippen molar-refractivity contribution in [1.82, 2.24) is 14.9 Å². The van der Waals surface area contributed by atoms with Crippen molar-refractivity contribution < 1.29 is 18.8 Å². The number of nitrogens with zero attached hydrogens (tertiary/aromatic N) is 5. The summed E-state index contributed by atoms with van der Waals surface area (Å²) in [4.78, 5) is 31.5. The molecule has 1 amide bonds. The number of halogens is 2. The number of carbonyl (C=O) groups is 1. The number of methoxy groups -OCH3 is 1. The zero-order valence-corrected chi connectivity index (χ0v) is 24.7. The number of amides is 1. The van der Waals surface area contributed by atoms with Gasteiger partial charge in [-0.25, -0.2) is 19.4 Å². The van der Waals surface area contributed by atoms with Crippen LogP contribution in [0.2, 0.25) is 5.02 Å². The van der Waals surface area contributed by atoms with Crippen molar-refractivity contribution in [3.8, 4) is 5.75 Å². The van der Waals surface area contributed by atoms with Gasteiger partial charge in [0.15, 0.2) is 5.82 Å². The van der Waals surface area contributed by atoms with Gasteiger partial charge in [-0.15, -0.1) is 0 Å². The van der Waals surface area contributed by atoms with E-state index in [0.29, 0.717) is 53.4 Å². The number of hydrogen-bond donors (Lipinski definition) is 2. The minimum atomic E-state index is -0.475. The maximum atomic E-state index is 14.9. The molecular formula is C30H35ClFN7O3. The second-order valence-electron chi connectivity index (χ2n) is 10.4. The number of carbonyl (C=O) groups excluding carboxylic acids is 1. The van der Waals surface area contributed by atoms with E-state index in [4.69, 9.17) is 21.2 Å². The number of anilines is 5. The first-order valence-corrected chi connectivity index (χ1v) is 14.2. The zero-order valence-electron chi connectivity index (χ0n) is 23.9. The molecule has 0 aliphatic carbocycles. The van der Waals surface area contributed by atoms with Gasteiger partial charge in [-0.3, -0.25) is 9.63 Å². The molecule has 1 atom stereocenters. The average Bonchev–Trinajstić information content (AvgIpc) is 3.49. The fraction of sp³-hybridized carbons (Fsp3) is 0.367. The van der Waals surface area contributed by atoms with Gasteiger partial charge < -0.3 is 25.2 Å². The number of nitrogens with one attached hydrogen (secondary N) is 2. The molecule has 1 unspecified atom stereocenters. The predicted octanol–water partition coefficient (Wildman–Crippen LogP) is 5.56. The van der Waals surface area contributed by atoms with Crippen molar-refractivity contribution in [2.24, 2.45) is 0 Å². The highest BCUT2D eigenvalue weighted by atomic mass is 35.5. The fourth-order valence-corrected chi connectivity index (χ4v) is 5.62. The second-order valence-corrected chi connectivity index (χ2v) is 10.8. The fourth-order valence-electron chi connectivity index (χ4n) is 5.43. The Labute approximate surface area is 250 Å². The molecule has 2 saturated heterocycles. The Balaban J connectivity index is 1.43. The van der Waals surface area contributed by atoms with E-state index < -0.39 is 11.9 Å². The standard InChI is InChI=1S/C30H35ClFN7O3/c1-5-29(40)36-22-15-23(26(41-4)16-25(22)38-12-9-19(10-13-38)37(2)3)35-27-17-28(34-18-33-27)39-24(11-14-42-39)20-7-6-8-21(31)30(20)32/h5-8,15-19,24H,1,9-14H2,2-4H3,(H,36,40)(H,33,34,35). The predicted molar refractivity (Wildman–Crippen MR) is 163 cm³/mol. The van der Waals surface area contributed by atoms with Gasteiger partial charge in [0.25, 0.3) is 0 Å². The van der Waals surface area contributed by atoms with Gasteiger partial charge in [-0.05, 0) is 45.1 Å². The smallest absolute Gasteiger partial charge is 0.247 e. The summed E-state index contributed by atoms with van der Waals surface area (Å²) in [7, 11) is 5.80. The molecule has 2 aromatic carbocycles. The van der Waals surface area contributed by atoms with E-state index in [-0.39, 0.29) is 10.9 Å². The summed E-state index contributed by atoms with van der Waals surface area (Å²) in [6, 6.07) is 10.5. The van der Waals surface area contributed by atoms with E-state index >= 15 is 0 Å². The van der Waals surface area contributed by atoms with E-state index in [9.17, 15) is 9.18 Å². The third kappa shape index (κ3) is 6.28. The lowest BCUT2D eigenvalue weighted by molar-refractivity contribution is -0.111. The average molecular weight is 596 g/mol. The van der Waals surface area contributed by atoms with Crippen LogP contribution in [0.25, 0.3) is 0 Å². The molecule has 0 bridgehead atoms. The highest BCUT2D eigenvalue weighted by molar-refractivity contribution is 6.30. The monoisotopic (exact) mass is 595 g/mol. The molecule has 0 saturated carbocycles. The number of rotatable bonds is 9. The molecule has 0 radical (unpaired) electrons. The lowest BCUT2D eigenvalue weighted by Gasteiger charge is -2.37. The topological polar surface area (TPSA) is 95.1 Å². The van der Waals surface area contributed by atoms with Gasteiger partial charge in [-0.2, -0.15) is 0 Å². The van der Waals surface area contributed by atoms with Gasteiger partial charge in [0.1, 0.15) is 23.7 Å². The van der Waals surface area contributed by atoms with E-state index in [1.165, 1.54) is 18.5 Å². The Hall–Kier alpha value is -3.93. The normalized spacial score (nSPS) is 17.4. The SMILES string of the molecule is C=CC(=O)Nc1cc(Nc2cc(N3OCCC3c3cccc(Cl)c3F)ncn2)c(OC)cc1N1CCC(N(C)C)CC1. The van der Waals surface area contributed by atoms with Gasteiger partial charge in [0, 0.05) is 43.2 Å². The van der Waals surface area contributed by atoms with Crippen LogP contribution in [0.1, 0.15) is 30.9 Å². The zero-order chi connectivity index (χ0) is 29.8. The first-order chi connectivity index (χ1) is 20.3. The maximum absolute atomic E-state index is 14.9. The maximum Gasteiger partial charge on any atom is 0.247 e. The van der Waals surface area contributed by atoms with Crippen LogP contribution in [-0.4, -0.2) is 67.7 Å². The molecule has 0 spiro atoms. The lowest BCUT2D eigenvalue weighted by atomic mass is 10.0. The molecule has 3 heterocycles. The summed E-state index contributed by atoms with van der Waals surface area (Å²) in [5.41, 5.74) is 2.51. The third-order valence-corrected chi connectivity index (χ3v) is 7.97. The van der Waals surface area contributed by atoms with Gasteiger partial charge in [0.05, 0.1) is 41.8 Å². The molecule has 2 fully saturated rings. The number of piperidine rings is 1. The Morgan fingerprint density at radius 3 is 2.69 bits per heavy atom. The number of ether oxygens (including phenoxy) is 1. The van der Waals surface area contributed by atoms with E-state index in [0.717, 1.165) is 31.6 Å². The van der Waals surface area contributed by atoms with Crippen molar-refractivity contribution in [2.75, 3.05) is 61.5 Å². The van der Waals surface area contributed by atoms with Crippen LogP contribution in [-0.2, 0) is 9.63 Å². The molecular weight excluding hydrogens is 561 g/mol. The van der Waals surface area contributed by atoms with Crippen LogP contribution in [0.5, 0.6) is 5.75 Å². The van der Waals surface area contributed by atoms with Crippen molar-refractivity contribution in [2.45, 2.75) is 31.3 Å². The largest absolute Gasteiger partial charge is 0.494 e. The number of hydroxylamine groups is 1. The van der Waals surface area contributed by atoms with Crippen LogP contribution in [0.15, 0.2) is 55.4 Å². The Morgan fingerprint density at radius 2 is 1.98 bits per heavy atom. The number of aromatic nitrogens is 2. The second kappa shape index (κ2) is 12.9. The minimum Gasteiger partial charge on any atom is -0.494 e. The molecule has 1 aromatic heterocycles. The van der Waals surface area contributed by atoms with Crippen molar-refractivity contribution in [3.63, 3.8) is 0 Å². The van der Waals surface area contributed by atoms with Crippen LogP contribution >= 0.6 is 11.6 Å². The molecule has 2 aliphatic rings. The summed E-state index contributed by atoms with van der Waals surface area (Å²) in [6.45, 7) is 5.69. The summed E-state index contributed by atoms with van der Waals surface area (Å²) in [5.74, 6) is 0.698. The van der Waals surface area contributed by atoms with Crippen LogP contribution in [0.4, 0.5) is 33.1 Å². The molecule has 3 aromatic rings. The molecule has 42 heavy (non-hydrogen) atoms. The van der Waals surface area contributed by atoms with Crippen molar-refractivity contribution in [1.29, 1.82) is 0 Å².